The number of para-hydroxylation sites is 2. The molecule has 1 unspecified atom stereocenters. The summed E-state index contributed by atoms with van der Waals surface area (Å²) in [5, 5.41) is 7.76. The van der Waals surface area contributed by atoms with Crippen LogP contribution in [0.2, 0.25) is 0 Å². The summed E-state index contributed by atoms with van der Waals surface area (Å²) in [4.78, 5) is 11.2. The average molecular weight is 562 g/mol. The predicted molar refractivity (Wildman–Crippen MR) is 140 cm³/mol. The minimum Gasteiger partial charge on any atom is -0.490 e. The minimum atomic E-state index is 0. The normalized spacial score (nSPS) is 15.8. The Hall–Kier alpha value is -2.82. The van der Waals surface area contributed by atoms with E-state index in [0.29, 0.717) is 36.4 Å². The topological polar surface area (TPSA) is 76.8 Å². The molecular formula is C24H31IN6O2. The van der Waals surface area contributed by atoms with Crippen molar-refractivity contribution in [1.29, 1.82) is 0 Å². The van der Waals surface area contributed by atoms with E-state index in [2.05, 4.69) is 31.5 Å². The van der Waals surface area contributed by atoms with Gasteiger partial charge in [0.25, 0.3) is 0 Å². The third-order valence-corrected chi connectivity index (χ3v) is 5.51. The molecule has 1 aliphatic heterocycles. The van der Waals surface area contributed by atoms with Crippen molar-refractivity contribution >= 4 is 29.9 Å². The van der Waals surface area contributed by atoms with E-state index in [4.69, 9.17) is 9.47 Å². The average Bonchev–Trinajstić information content (AvgIpc) is 3.46. The van der Waals surface area contributed by atoms with Gasteiger partial charge in [0.05, 0.1) is 12.8 Å². The molecule has 1 aromatic carbocycles. The number of nitrogens with one attached hydrogen (secondary N) is 1. The molecule has 0 bridgehead atoms. The van der Waals surface area contributed by atoms with Crippen LogP contribution in [0.15, 0.2) is 60.0 Å². The van der Waals surface area contributed by atoms with Crippen molar-refractivity contribution in [2.24, 2.45) is 12.0 Å². The van der Waals surface area contributed by atoms with Gasteiger partial charge in [0, 0.05) is 58.1 Å². The summed E-state index contributed by atoms with van der Waals surface area (Å²) in [6.07, 6.45) is 6.99. The molecule has 1 atom stereocenters. The van der Waals surface area contributed by atoms with Crippen molar-refractivity contribution in [1.82, 2.24) is 25.0 Å². The van der Waals surface area contributed by atoms with E-state index in [-0.39, 0.29) is 24.0 Å². The molecule has 9 heteroatoms. The van der Waals surface area contributed by atoms with E-state index >= 15 is 0 Å². The highest BCUT2D eigenvalue weighted by Crippen LogP contribution is 2.30. The number of likely N-dealkylation sites (tertiary alicyclic amines) is 1. The molecule has 1 aliphatic rings. The second-order valence-electron chi connectivity index (χ2n) is 7.77. The van der Waals surface area contributed by atoms with E-state index in [9.17, 15) is 0 Å². The van der Waals surface area contributed by atoms with Crippen LogP contribution in [0.3, 0.4) is 0 Å². The molecule has 3 heterocycles. The van der Waals surface area contributed by atoms with Gasteiger partial charge in [-0.15, -0.1) is 24.0 Å². The van der Waals surface area contributed by atoms with Crippen molar-refractivity contribution in [3.05, 3.63) is 66.1 Å². The lowest BCUT2D eigenvalue weighted by Crippen LogP contribution is -2.39. The summed E-state index contributed by atoms with van der Waals surface area (Å²) in [7, 11) is 3.78. The van der Waals surface area contributed by atoms with Crippen molar-refractivity contribution in [3.8, 4) is 17.4 Å². The smallest absolute Gasteiger partial charge is 0.219 e. The number of pyridine rings is 1. The fraction of sp³-hybridized carbons (Fsp3) is 0.375. The highest BCUT2D eigenvalue weighted by Gasteiger charge is 2.26. The van der Waals surface area contributed by atoms with Crippen LogP contribution in [0, 0.1) is 0 Å². The zero-order valence-corrected chi connectivity index (χ0v) is 21.6. The van der Waals surface area contributed by atoms with Crippen molar-refractivity contribution in [3.63, 3.8) is 0 Å². The molecule has 0 spiro atoms. The first-order valence-electron chi connectivity index (χ1n) is 10.9. The van der Waals surface area contributed by atoms with Gasteiger partial charge in [-0.2, -0.15) is 5.10 Å². The quantitative estimate of drug-likeness (QED) is 0.265. The molecule has 0 radical (unpaired) electrons. The first-order chi connectivity index (χ1) is 15.7. The molecule has 176 valence electrons. The number of guanidine groups is 1. The zero-order chi connectivity index (χ0) is 22.3. The molecule has 0 amide bonds. The Kier molecular flexibility index (Phi) is 8.93. The number of aryl methyl sites for hydroxylation is 1. The molecule has 33 heavy (non-hydrogen) atoms. The third kappa shape index (κ3) is 6.37. The van der Waals surface area contributed by atoms with E-state index in [0.717, 1.165) is 31.0 Å². The SMILES string of the molecule is CCOc1ccccc1Oc1ccc(CNC(=NC)N2CCC(c3cnn(C)c3)C2)cn1.I. The Morgan fingerprint density at radius 1 is 1.18 bits per heavy atom. The zero-order valence-electron chi connectivity index (χ0n) is 19.3. The van der Waals surface area contributed by atoms with E-state index in [1.54, 1.807) is 0 Å². The molecule has 4 rings (SSSR count). The fourth-order valence-electron chi connectivity index (χ4n) is 3.89. The minimum absolute atomic E-state index is 0. The van der Waals surface area contributed by atoms with Gasteiger partial charge in [0.1, 0.15) is 0 Å². The van der Waals surface area contributed by atoms with Gasteiger partial charge in [-0.1, -0.05) is 18.2 Å². The number of aromatic nitrogens is 3. The van der Waals surface area contributed by atoms with Crippen molar-refractivity contribution < 1.29 is 9.47 Å². The number of benzene rings is 1. The highest BCUT2D eigenvalue weighted by atomic mass is 127. The molecule has 3 aromatic rings. The molecule has 2 aromatic heterocycles. The Morgan fingerprint density at radius 3 is 2.67 bits per heavy atom. The van der Waals surface area contributed by atoms with Gasteiger partial charge in [-0.05, 0) is 36.6 Å². The lowest BCUT2D eigenvalue weighted by molar-refractivity contribution is 0.319. The van der Waals surface area contributed by atoms with Gasteiger partial charge in [0.15, 0.2) is 17.5 Å². The molecule has 1 saturated heterocycles. The second-order valence-corrected chi connectivity index (χ2v) is 7.77. The molecular weight excluding hydrogens is 531 g/mol. The number of halogens is 1. The van der Waals surface area contributed by atoms with Gasteiger partial charge < -0.3 is 19.7 Å². The third-order valence-electron chi connectivity index (χ3n) is 5.51. The maximum absolute atomic E-state index is 5.91. The van der Waals surface area contributed by atoms with Gasteiger partial charge in [-0.3, -0.25) is 9.67 Å². The Bertz CT molecular complexity index is 1050. The van der Waals surface area contributed by atoms with Gasteiger partial charge in [-0.25, -0.2) is 4.98 Å². The number of ether oxygens (including phenoxy) is 2. The van der Waals surface area contributed by atoms with E-state index in [1.807, 2.05) is 74.5 Å². The molecule has 1 N–H and O–H groups in total. The van der Waals surface area contributed by atoms with Crippen LogP contribution in [-0.2, 0) is 13.6 Å². The standard InChI is InChI=1S/C24H30N6O2.HI/c1-4-31-21-7-5-6-8-22(21)32-23-10-9-18(13-26-23)14-27-24(25-2)30-12-11-19(17-30)20-15-28-29(3)16-20;/h5-10,13,15-16,19H,4,11-12,14,17H2,1-3H3,(H,25,27);1H. The summed E-state index contributed by atoms with van der Waals surface area (Å²) in [6.45, 7) is 5.09. The Labute approximate surface area is 212 Å². The van der Waals surface area contributed by atoms with Crippen LogP contribution < -0.4 is 14.8 Å². The number of rotatable bonds is 7. The summed E-state index contributed by atoms with van der Waals surface area (Å²) >= 11 is 0. The summed E-state index contributed by atoms with van der Waals surface area (Å²) < 4.78 is 13.4. The number of aliphatic imine (C=N–C) groups is 1. The second kappa shape index (κ2) is 11.9. The molecule has 8 nitrogen and oxygen atoms in total. The Morgan fingerprint density at radius 2 is 2.00 bits per heavy atom. The predicted octanol–water partition coefficient (Wildman–Crippen LogP) is 4.19. The first-order valence-corrected chi connectivity index (χ1v) is 10.9. The monoisotopic (exact) mass is 562 g/mol. The Balaban J connectivity index is 0.00000306. The maximum atomic E-state index is 5.91. The van der Waals surface area contributed by atoms with E-state index in [1.165, 1.54) is 5.56 Å². The van der Waals surface area contributed by atoms with Crippen LogP contribution in [0.25, 0.3) is 0 Å². The largest absolute Gasteiger partial charge is 0.490 e. The lowest BCUT2D eigenvalue weighted by Gasteiger charge is -2.21. The van der Waals surface area contributed by atoms with Crippen LogP contribution in [0.4, 0.5) is 0 Å². The van der Waals surface area contributed by atoms with Crippen LogP contribution in [0.1, 0.15) is 30.4 Å². The number of hydrogen-bond donors (Lipinski definition) is 1. The lowest BCUT2D eigenvalue weighted by atomic mass is 10.0. The van der Waals surface area contributed by atoms with Gasteiger partial charge >= 0.3 is 0 Å². The van der Waals surface area contributed by atoms with Crippen LogP contribution >= 0.6 is 24.0 Å². The summed E-state index contributed by atoms with van der Waals surface area (Å²) in [5.41, 5.74) is 2.34. The number of nitrogens with zero attached hydrogens (tertiary/aromatic N) is 5. The molecule has 1 fully saturated rings. The molecule has 0 saturated carbocycles. The van der Waals surface area contributed by atoms with Crippen LogP contribution in [0.5, 0.6) is 17.4 Å². The maximum Gasteiger partial charge on any atom is 0.219 e. The van der Waals surface area contributed by atoms with Crippen molar-refractivity contribution in [2.45, 2.75) is 25.8 Å². The van der Waals surface area contributed by atoms with E-state index < -0.39 is 0 Å². The first kappa shape index (κ1) is 24.8. The van der Waals surface area contributed by atoms with Crippen LogP contribution in [-0.4, -0.2) is 52.4 Å². The highest BCUT2D eigenvalue weighted by molar-refractivity contribution is 14.0. The van der Waals surface area contributed by atoms with Crippen molar-refractivity contribution in [2.75, 3.05) is 26.7 Å². The van der Waals surface area contributed by atoms with Gasteiger partial charge in [0.2, 0.25) is 5.88 Å². The summed E-state index contributed by atoms with van der Waals surface area (Å²) in [6, 6.07) is 11.5. The molecule has 0 aliphatic carbocycles. The summed E-state index contributed by atoms with van der Waals surface area (Å²) in [5.74, 6) is 3.29. The fourth-order valence-corrected chi connectivity index (χ4v) is 3.89. The number of hydrogen-bond acceptors (Lipinski definition) is 5.